The van der Waals surface area contributed by atoms with Crippen molar-refractivity contribution in [2.45, 2.75) is 19.1 Å². The molecule has 0 spiro atoms. The summed E-state index contributed by atoms with van der Waals surface area (Å²) >= 11 is 0. The molecular weight excluding hydrogens is 504 g/mol. The van der Waals surface area contributed by atoms with Crippen LogP contribution in [0.2, 0.25) is 0 Å². The summed E-state index contributed by atoms with van der Waals surface area (Å²) in [4.78, 5) is 30.7. The molecule has 5 rings (SSSR count). The third-order valence-electron chi connectivity index (χ3n) is 7.20. The molecule has 3 aromatic rings. The number of ether oxygens (including phenoxy) is 2. The number of carbonyl (C=O) groups excluding carboxylic acids is 2. The molecule has 1 atom stereocenters. The Morgan fingerprint density at radius 2 is 1.68 bits per heavy atom. The Kier molecular flexibility index (Phi) is 9.06. The second-order valence-corrected chi connectivity index (χ2v) is 9.93. The van der Waals surface area contributed by atoms with Gasteiger partial charge in [0.25, 0.3) is 5.91 Å². The minimum Gasteiger partial charge on any atom is -0.503 e. The summed E-state index contributed by atoms with van der Waals surface area (Å²) < 4.78 is 11.5. The van der Waals surface area contributed by atoms with Gasteiger partial charge in [0.2, 0.25) is 0 Å². The van der Waals surface area contributed by atoms with Gasteiger partial charge in [-0.1, -0.05) is 78.9 Å². The van der Waals surface area contributed by atoms with Gasteiger partial charge in [0.15, 0.2) is 11.5 Å². The van der Waals surface area contributed by atoms with E-state index < -0.39 is 23.5 Å². The van der Waals surface area contributed by atoms with E-state index in [1.165, 1.54) is 6.08 Å². The third-order valence-corrected chi connectivity index (χ3v) is 7.20. The normalized spacial score (nSPS) is 18.1. The largest absolute Gasteiger partial charge is 0.503 e. The van der Waals surface area contributed by atoms with Crippen LogP contribution in [-0.2, 0) is 20.9 Å². The van der Waals surface area contributed by atoms with Crippen LogP contribution in [0.1, 0.15) is 29.2 Å². The average Bonchev–Trinajstić information content (AvgIpc) is 3.26. The maximum Gasteiger partial charge on any atom is 0.290 e. The van der Waals surface area contributed by atoms with Gasteiger partial charge in [-0.15, -0.1) is 0 Å². The van der Waals surface area contributed by atoms with Crippen molar-refractivity contribution in [1.29, 1.82) is 0 Å². The lowest BCUT2D eigenvalue weighted by molar-refractivity contribution is -0.129. The second-order valence-electron chi connectivity index (χ2n) is 9.93. The van der Waals surface area contributed by atoms with Crippen LogP contribution in [0.5, 0.6) is 5.75 Å². The number of benzene rings is 3. The number of carbonyl (C=O) groups is 2. The Morgan fingerprint density at radius 3 is 2.42 bits per heavy atom. The third kappa shape index (κ3) is 6.68. The molecule has 0 saturated carbocycles. The van der Waals surface area contributed by atoms with Crippen molar-refractivity contribution in [3.05, 3.63) is 119 Å². The number of rotatable bonds is 11. The van der Waals surface area contributed by atoms with Crippen molar-refractivity contribution in [3.63, 3.8) is 0 Å². The molecule has 2 heterocycles. The van der Waals surface area contributed by atoms with Gasteiger partial charge in [-0.05, 0) is 41.3 Å². The molecule has 1 fully saturated rings. The summed E-state index contributed by atoms with van der Waals surface area (Å²) in [6.07, 6.45) is 3.83. The molecular formula is C33H34N2O5. The van der Waals surface area contributed by atoms with E-state index >= 15 is 0 Å². The fourth-order valence-electron chi connectivity index (χ4n) is 5.11. The zero-order chi connectivity index (χ0) is 27.7. The van der Waals surface area contributed by atoms with Crippen molar-refractivity contribution in [1.82, 2.24) is 9.80 Å². The lowest BCUT2D eigenvalue weighted by Gasteiger charge is -2.30. The number of morpholine rings is 1. The van der Waals surface area contributed by atoms with Gasteiger partial charge in [0, 0.05) is 26.2 Å². The van der Waals surface area contributed by atoms with Gasteiger partial charge in [0.05, 0.1) is 24.8 Å². The number of hydrogen-bond acceptors (Lipinski definition) is 6. The van der Waals surface area contributed by atoms with Crippen molar-refractivity contribution < 1.29 is 24.2 Å². The fraction of sp³-hybridized carbons (Fsp3) is 0.273. The Bertz CT molecular complexity index is 1360. The fourth-order valence-corrected chi connectivity index (χ4v) is 5.11. The highest BCUT2D eigenvalue weighted by Gasteiger charge is 2.42. The van der Waals surface area contributed by atoms with Gasteiger partial charge >= 0.3 is 0 Å². The minimum atomic E-state index is -0.717. The van der Waals surface area contributed by atoms with Crippen LogP contribution in [0.15, 0.2) is 102 Å². The first-order valence-corrected chi connectivity index (χ1v) is 13.7. The maximum atomic E-state index is 13.5. The van der Waals surface area contributed by atoms with E-state index in [-0.39, 0.29) is 5.57 Å². The molecule has 2 aliphatic rings. The van der Waals surface area contributed by atoms with E-state index in [0.29, 0.717) is 44.1 Å². The zero-order valence-corrected chi connectivity index (χ0v) is 22.4. The minimum absolute atomic E-state index is 0.0868. The first-order chi connectivity index (χ1) is 19.6. The average molecular weight is 539 g/mol. The molecule has 1 unspecified atom stereocenters. The highest BCUT2D eigenvalue weighted by Crippen LogP contribution is 2.39. The number of allylic oxidation sites excluding steroid dienone is 1. The lowest BCUT2D eigenvalue weighted by Crippen LogP contribution is -2.39. The Morgan fingerprint density at radius 1 is 0.950 bits per heavy atom. The van der Waals surface area contributed by atoms with Gasteiger partial charge in [-0.25, -0.2) is 0 Å². The molecule has 2 aliphatic heterocycles. The van der Waals surface area contributed by atoms with Crippen molar-refractivity contribution in [2.24, 2.45) is 0 Å². The predicted molar refractivity (Wildman–Crippen MR) is 154 cm³/mol. The SMILES string of the molecule is O=C(/C=C/c1ccccc1)C1=C(O)C(=O)N(CCCN2CCOCC2)C1c1cccc(OCc2ccccc2)c1. The summed E-state index contributed by atoms with van der Waals surface area (Å²) in [5.41, 5.74) is 2.69. The molecule has 1 N–H and O–H groups in total. The van der Waals surface area contributed by atoms with E-state index in [1.807, 2.05) is 84.9 Å². The monoisotopic (exact) mass is 538 g/mol. The Hall–Kier alpha value is -4.20. The molecule has 7 heteroatoms. The van der Waals surface area contributed by atoms with Gasteiger partial charge in [-0.3, -0.25) is 14.5 Å². The second kappa shape index (κ2) is 13.2. The van der Waals surface area contributed by atoms with Gasteiger partial charge in [-0.2, -0.15) is 0 Å². The molecule has 206 valence electrons. The highest BCUT2D eigenvalue weighted by molar-refractivity contribution is 6.14. The van der Waals surface area contributed by atoms with E-state index in [2.05, 4.69) is 4.90 Å². The van der Waals surface area contributed by atoms with Crippen LogP contribution < -0.4 is 4.74 Å². The van der Waals surface area contributed by atoms with Crippen molar-refractivity contribution in [3.8, 4) is 5.75 Å². The molecule has 7 nitrogen and oxygen atoms in total. The number of nitrogens with zero attached hydrogens (tertiary/aromatic N) is 2. The van der Waals surface area contributed by atoms with Crippen molar-refractivity contribution in [2.75, 3.05) is 39.4 Å². The summed E-state index contributed by atoms with van der Waals surface area (Å²) in [5.74, 6) is -0.792. The topological polar surface area (TPSA) is 79.3 Å². The summed E-state index contributed by atoms with van der Waals surface area (Å²) in [6.45, 7) is 4.72. The van der Waals surface area contributed by atoms with E-state index in [4.69, 9.17) is 9.47 Å². The molecule has 0 aromatic heterocycles. The quantitative estimate of drug-likeness (QED) is 0.348. The number of aliphatic hydroxyl groups is 1. The van der Waals surface area contributed by atoms with Crippen molar-refractivity contribution >= 4 is 17.8 Å². The molecule has 1 amide bonds. The van der Waals surface area contributed by atoms with Crippen LogP contribution >= 0.6 is 0 Å². The Balaban J connectivity index is 1.39. The highest BCUT2D eigenvalue weighted by atomic mass is 16.5. The smallest absolute Gasteiger partial charge is 0.290 e. The van der Waals surface area contributed by atoms with Crippen LogP contribution in [0.4, 0.5) is 0 Å². The first kappa shape index (κ1) is 27.4. The van der Waals surface area contributed by atoms with Gasteiger partial charge < -0.3 is 19.5 Å². The summed E-state index contributed by atoms with van der Waals surface area (Å²) in [5, 5.41) is 11.0. The molecule has 0 aliphatic carbocycles. The molecule has 1 saturated heterocycles. The Labute approximate surface area is 234 Å². The molecule has 0 bridgehead atoms. The summed E-state index contributed by atoms with van der Waals surface area (Å²) in [7, 11) is 0. The van der Waals surface area contributed by atoms with E-state index in [9.17, 15) is 14.7 Å². The van der Waals surface area contributed by atoms with Crippen LogP contribution in [0, 0.1) is 0 Å². The zero-order valence-electron chi connectivity index (χ0n) is 22.4. The number of aliphatic hydroxyl groups excluding tert-OH is 1. The first-order valence-electron chi connectivity index (χ1n) is 13.7. The number of amides is 1. The van der Waals surface area contributed by atoms with E-state index in [1.54, 1.807) is 11.0 Å². The maximum absolute atomic E-state index is 13.5. The molecule has 3 aromatic carbocycles. The summed E-state index contributed by atoms with van der Waals surface area (Å²) in [6, 6.07) is 26.0. The number of hydrogen-bond donors (Lipinski definition) is 1. The lowest BCUT2D eigenvalue weighted by atomic mass is 9.95. The predicted octanol–water partition coefficient (Wildman–Crippen LogP) is 4.97. The molecule has 40 heavy (non-hydrogen) atoms. The van der Waals surface area contributed by atoms with Gasteiger partial charge in [0.1, 0.15) is 12.4 Å². The van der Waals surface area contributed by atoms with Crippen LogP contribution in [-0.4, -0.2) is 66.0 Å². The van der Waals surface area contributed by atoms with E-state index in [0.717, 1.165) is 30.8 Å². The van der Waals surface area contributed by atoms with Crippen LogP contribution in [0.3, 0.4) is 0 Å². The standard InChI is InChI=1S/C33H34N2O5/c36-29(16-15-25-9-3-1-4-10-25)30-31(27-13-7-14-28(23-27)40-24-26-11-5-2-6-12-26)35(33(38)32(30)37)18-8-17-34-19-21-39-22-20-34/h1-7,9-16,23,31,37H,8,17-22,24H2/b16-15+. The molecule has 0 radical (unpaired) electrons. The number of ketones is 1. The van der Waals surface area contributed by atoms with Crippen LogP contribution in [0.25, 0.3) is 6.08 Å².